The fourth-order valence-corrected chi connectivity index (χ4v) is 4.23. The maximum absolute atomic E-state index is 13.4. The summed E-state index contributed by atoms with van der Waals surface area (Å²) in [5.41, 5.74) is 13.3. The van der Waals surface area contributed by atoms with Crippen LogP contribution in [0.2, 0.25) is 0 Å². The first-order chi connectivity index (χ1) is 18.6. The van der Waals surface area contributed by atoms with E-state index in [1.807, 2.05) is 6.92 Å². The van der Waals surface area contributed by atoms with Gasteiger partial charge in [-0.15, -0.1) is 0 Å². The van der Waals surface area contributed by atoms with E-state index in [1.165, 1.54) is 18.2 Å². The lowest BCUT2D eigenvalue weighted by Gasteiger charge is -2.25. The molecule has 1 unspecified atom stereocenters. The van der Waals surface area contributed by atoms with Crippen LogP contribution in [0, 0.1) is 0 Å². The molecule has 0 saturated carbocycles. The molecule has 12 heteroatoms. The topological polar surface area (TPSA) is 206 Å². The number of fused-ring (bicyclic) bond motifs is 2. The molecule has 1 heterocycles. The van der Waals surface area contributed by atoms with Crippen LogP contribution < -0.4 is 32.7 Å². The fraction of sp³-hybridized carbons (Fsp3) is 0.370. The zero-order chi connectivity index (χ0) is 28.5. The lowest BCUT2D eigenvalue weighted by atomic mass is 10.0. The number of rotatable bonds is 8. The fourth-order valence-electron chi connectivity index (χ4n) is 4.23. The van der Waals surface area contributed by atoms with Crippen LogP contribution >= 0.6 is 0 Å². The molecule has 4 amide bonds. The first-order valence-corrected chi connectivity index (χ1v) is 12.8. The van der Waals surface area contributed by atoms with Gasteiger partial charge in [0.2, 0.25) is 17.7 Å². The molecule has 3 rings (SSSR count). The largest absolute Gasteiger partial charge is 0.481 e. The minimum absolute atomic E-state index is 0.152. The SMILES string of the molecule is CCCCC[C@@H]1NC(=O)C(CCC(=O)O)NC(=O)c2cc(N)ccc2NCc2ccc(C(N)=O)cc2NC1=O. The highest BCUT2D eigenvalue weighted by Gasteiger charge is 2.29. The van der Waals surface area contributed by atoms with Gasteiger partial charge in [-0.2, -0.15) is 0 Å². The third-order valence-electron chi connectivity index (χ3n) is 6.41. The number of carboxylic acid groups (broad SMARTS) is 1. The minimum atomic E-state index is -1.22. The average molecular weight is 539 g/mol. The summed E-state index contributed by atoms with van der Waals surface area (Å²) in [6, 6.07) is 7.07. The number of unbranched alkanes of at least 4 members (excludes halogenated alkanes) is 2. The Kier molecular flexibility index (Phi) is 9.85. The van der Waals surface area contributed by atoms with Crippen LogP contribution in [0.4, 0.5) is 17.1 Å². The van der Waals surface area contributed by atoms with Gasteiger partial charge in [-0.3, -0.25) is 24.0 Å². The minimum Gasteiger partial charge on any atom is -0.481 e. The van der Waals surface area contributed by atoms with Crippen LogP contribution in [0.3, 0.4) is 0 Å². The van der Waals surface area contributed by atoms with Crippen LogP contribution in [-0.2, 0) is 20.9 Å². The first kappa shape index (κ1) is 29.0. The van der Waals surface area contributed by atoms with Crippen molar-refractivity contribution < 1.29 is 29.1 Å². The molecule has 9 N–H and O–H groups in total. The Bertz CT molecular complexity index is 1260. The molecule has 208 valence electrons. The maximum Gasteiger partial charge on any atom is 0.303 e. The third kappa shape index (κ3) is 7.94. The van der Waals surface area contributed by atoms with E-state index in [4.69, 9.17) is 11.5 Å². The highest BCUT2D eigenvalue weighted by atomic mass is 16.4. The van der Waals surface area contributed by atoms with Crippen LogP contribution in [0.15, 0.2) is 36.4 Å². The Hall–Kier alpha value is -4.61. The predicted octanol–water partition coefficient (Wildman–Crippen LogP) is 1.96. The maximum atomic E-state index is 13.4. The van der Waals surface area contributed by atoms with Crippen molar-refractivity contribution in [3.8, 4) is 0 Å². The number of carboxylic acids is 1. The number of aliphatic carboxylic acids is 1. The number of nitrogen functional groups attached to an aromatic ring is 1. The molecule has 1 aliphatic rings. The van der Waals surface area contributed by atoms with E-state index in [-0.39, 0.29) is 30.5 Å². The van der Waals surface area contributed by atoms with Crippen molar-refractivity contribution in [3.05, 3.63) is 53.1 Å². The van der Waals surface area contributed by atoms with Gasteiger partial charge in [0.15, 0.2) is 0 Å². The van der Waals surface area contributed by atoms with E-state index in [1.54, 1.807) is 18.2 Å². The standard InChI is InChI=1S/C27H34N6O6/c1-2-3-4-5-20-26(38)33-22-12-15(24(29)36)6-7-16(22)14-30-19-9-8-17(28)13-18(19)25(37)31-21(27(39)32-20)10-11-23(34)35/h6-9,12-13,20-21,30H,2-5,10-11,14,28H2,1H3,(H2,29,36)(H,31,37)(H,32,39)(H,33,38)(H,34,35)/t20-,21?/m0/s1. The summed E-state index contributed by atoms with van der Waals surface area (Å²) in [4.78, 5) is 63.0. The normalized spacial score (nSPS) is 17.8. The zero-order valence-corrected chi connectivity index (χ0v) is 21.7. The number of hydrogen-bond donors (Lipinski definition) is 7. The number of primary amides is 1. The Labute approximate surface area is 225 Å². The number of benzene rings is 2. The lowest BCUT2D eigenvalue weighted by Crippen LogP contribution is -2.53. The molecule has 39 heavy (non-hydrogen) atoms. The van der Waals surface area contributed by atoms with Crippen molar-refractivity contribution in [2.24, 2.45) is 5.73 Å². The summed E-state index contributed by atoms with van der Waals surface area (Å²) in [6.45, 7) is 2.16. The molecule has 0 aromatic heterocycles. The van der Waals surface area contributed by atoms with Gasteiger partial charge in [-0.05, 0) is 48.7 Å². The summed E-state index contributed by atoms with van der Waals surface area (Å²) in [7, 11) is 0. The van der Waals surface area contributed by atoms with E-state index in [9.17, 15) is 29.1 Å². The summed E-state index contributed by atoms with van der Waals surface area (Å²) >= 11 is 0. The number of anilines is 3. The molecule has 2 aromatic carbocycles. The monoisotopic (exact) mass is 538 g/mol. The van der Waals surface area contributed by atoms with Gasteiger partial charge >= 0.3 is 5.97 Å². The highest BCUT2D eigenvalue weighted by Crippen LogP contribution is 2.24. The summed E-state index contributed by atoms with van der Waals surface area (Å²) < 4.78 is 0. The molecule has 0 radical (unpaired) electrons. The number of hydrogen-bond acceptors (Lipinski definition) is 7. The van der Waals surface area contributed by atoms with Gasteiger partial charge < -0.3 is 37.8 Å². The van der Waals surface area contributed by atoms with Gasteiger partial charge in [0.1, 0.15) is 12.1 Å². The van der Waals surface area contributed by atoms with E-state index < -0.39 is 41.7 Å². The molecule has 0 spiro atoms. The highest BCUT2D eigenvalue weighted by molar-refractivity contribution is 6.04. The summed E-state index contributed by atoms with van der Waals surface area (Å²) in [5, 5.41) is 20.4. The predicted molar refractivity (Wildman–Crippen MR) is 146 cm³/mol. The summed E-state index contributed by atoms with van der Waals surface area (Å²) in [6.07, 6.45) is 2.10. The molecule has 2 atom stereocenters. The van der Waals surface area contributed by atoms with Crippen molar-refractivity contribution >= 4 is 46.7 Å². The summed E-state index contributed by atoms with van der Waals surface area (Å²) in [5.74, 6) is -3.66. The number of carbonyl (C=O) groups excluding carboxylic acids is 4. The van der Waals surface area contributed by atoms with E-state index >= 15 is 0 Å². The Morgan fingerprint density at radius 2 is 1.69 bits per heavy atom. The van der Waals surface area contributed by atoms with Crippen molar-refractivity contribution in [2.75, 3.05) is 16.4 Å². The van der Waals surface area contributed by atoms with E-state index in [0.29, 0.717) is 35.5 Å². The molecule has 0 fully saturated rings. The number of amides is 4. The molecule has 0 bridgehead atoms. The second kappa shape index (κ2) is 13.3. The van der Waals surface area contributed by atoms with Crippen molar-refractivity contribution in [1.82, 2.24) is 10.6 Å². The molecule has 12 nitrogen and oxygen atoms in total. The molecular formula is C27H34N6O6. The number of carbonyl (C=O) groups is 5. The molecule has 2 aromatic rings. The van der Waals surface area contributed by atoms with Gasteiger partial charge in [-0.25, -0.2) is 0 Å². The number of nitrogens with one attached hydrogen (secondary N) is 4. The van der Waals surface area contributed by atoms with Crippen LogP contribution in [0.5, 0.6) is 0 Å². The molecule has 0 saturated heterocycles. The third-order valence-corrected chi connectivity index (χ3v) is 6.41. The Balaban J connectivity index is 2.07. The zero-order valence-electron chi connectivity index (χ0n) is 21.7. The lowest BCUT2D eigenvalue weighted by molar-refractivity contribution is -0.137. The first-order valence-electron chi connectivity index (χ1n) is 12.8. The van der Waals surface area contributed by atoms with Gasteiger partial charge in [0.25, 0.3) is 5.91 Å². The van der Waals surface area contributed by atoms with Crippen LogP contribution in [0.25, 0.3) is 0 Å². The van der Waals surface area contributed by atoms with Crippen molar-refractivity contribution in [2.45, 2.75) is 64.1 Å². The van der Waals surface area contributed by atoms with Gasteiger partial charge in [-0.1, -0.05) is 32.3 Å². The smallest absolute Gasteiger partial charge is 0.303 e. The number of nitrogens with two attached hydrogens (primary N) is 2. The molecule has 0 aliphatic carbocycles. The van der Waals surface area contributed by atoms with Gasteiger partial charge in [0, 0.05) is 35.6 Å². The Morgan fingerprint density at radius 3 is 2.38 bits per heavy atom. The van der Waals surface area contributed by atoms with E-state index in [2.05, 4.69) is 21.3 Å². The van der Waals surface area contributed by atoms with Crippen LogP contribution in [-0.4, -0.2) is 46.8 Å². The molecule has 1 aliphatic heterocycles. The molecular weight excluding hydrogens is 504 g/mol. The van der Waals surface area contributed by atoms with E-state index in [0.717, 1.165) is 12.8 Å². The quantitative estimate of drug-likeness (QED) is 0.195. The second-order valence-electron chi connectivity index (χ2n) is 9.40. The van der Waals surface area contributed by atoms with Crippen molar-refractivity contribution in [3.63, 3.8) is 0 Å². The Morgan fingerprint density at radius 1 is 0.949 bits per heavy atom. The van der Waals surface area contributed by atoms with Crippen molar-refractivity contribution in [1.29, 1.82) is 0 Å². The average Bonchev–Trinajstić information content (AvgIpc) is 2.89. The van der Waals surface area contributed by atoms with Gasteiger partial charge in [0.05, 0.1) is 5.56 Å². The van der Waals surface area contributed by atoms with Crippen LogP contribution in [0.1, 0.15) is 71.7 Å². The second-order valence-corrected chi connectivity index (χ2v) is 9.40.